The molecular weight excluding hydrogens is 524 g/mol. The fraction of sp³-hybridized carbons (Fsp3) is 0.391. The summed E-state index contributed by atoms with van der Waals surface area (Å²) in [7, 11) is 1.68. The van der Waals surface area contributed by atoms with Crippen LogP contribution in [-0.4, -0.2) is 49.7 Å². The molecule has 1 aliphatic heterocycles. The molecular formula is C23H31FIN5O2. The molecule has 1 fully saturated rings. The van der Waals surface area contributed by atoms with Crippen LogP contribution in [0, 0.1) is 5.82 Å². The topological polar surface area (TPSA) is 78.0 Å². The number of nitrogens with one attached hydrogen (secondary N) is 3. The number of ether oxygens (including phenoxy) is 1. The van der Waals surface area contributed by atoms with Crippen LogP contribution in [0.3, 0.4) is 0 Å². The highest BCUT2D eigenvalue weighted by atomic mass is 127. The number of halogens is 2. The first kappa shape index (κ1) is 25.7. The predicted octanol–water partition coefficient (Wildman–Crippen LogP) is 4.20. The van der Waals surface area contributed by atoms with E-state index in [2.05, 4.69) is 20.9 Å². The highest BCUT2D eigenvalue weighted by Gasteiger charge is 2.17. The van der Waals surface area contributed by atoms with Crippen LogP contribution in [-0.2, 0) is 6.54 Å². The van der Waals surface area contributed by atoms with Gasteiger partial charge in [0.2, 0.25) is 0 Å². The maximum Gasteiger partial charge on any atom is 0.321 e. The van der Waals surface area contributed by atoms with E-state index in [4.69, 9.17) is 4.74 Å². The second-order valence-electron chi connectivity index (χ2n) is 7.49. The van der Waals surface area contributed by atoms with Gasteiger partial charge < -0.3 is 25.6 Å². The third-order valence-electron chi connectivity index (χ3n) is 4.98. The molecule has 1 unspecified atom stereocenters. The van der Waals surface area contributed by atoms with Crippen molar-refractivity contribution in [2.75, 3.05) is 32.0 Å². The minimum atomic E-state index is -0.381. The van der Waals surface area contributed by atoms with Gasteiger partial charge in [-0.3, -0.25) is 4.99 Å². The summed E-state index contributed by atoms with van der Waals surface area (Å²) in [5, 5.41) is 9.38. The summed E-state index contributed by atoms with van der Waals surface area (Å²) in [4.78, 5) is 18.3. The van der Waals surface area contributed by atoms with Gasteiger partial charge in [0.15, 0.2) is 17.5 Å². The Bertz CT molecular complexity index is 905. The number of likely N-dealkylation sites (tertiary alicyclic amines) is 1. The minimum absolute atomic E-state index is 0. The zero-order valence-corrected chi connectivity index (χ0v) is 20.8. The number of carbonyl (C=O) groups is 1. The Hall–Kier alpha value is -2.56. The summed E-state index contributed by atoms with van der Waals surface area (Å²) in [5.74, 6) is 0.455. The van der Waals surface area contributed by atoms with Crippen LogP contribution in [0.2, 0.25) is 0 Å². The van der Waals surface area contributed by atoms with E-state index in [1.165, 1.54) is 6.07 Å². The third-order valence-corrected chi connectivity index (χ3v) is 4.98. The van der Waals surface area contributed by atoms with Crippen molar-refractivity contribution in [2.24, 2.45) is 4.99 Å². The number of benzene rings is 2. The number of guanidine groups is 1. The van der Waals surface area contributed by atoms with Crippen LogP contribution in [0.4, 0.5) is 14.9 Å². The highest BCUT2D eigenvalue weighted by molar-refractivity contribution is 14.0. The average molecular weight is 555 g/mol. The van der Waals surface area contributed by atoms with Crippen LogP contribution < -0.4 is 20.7 Å². The number of para-hydroxylation sites is 1. The van der Waals surface area contributed by atoms with E-state index in [0.717, 1.165) is 37.2 Å². The Balaban J connectivity index is 0.00000363. The molecule has 1 heterocycles. The maximum atomic E-state index is 13.7. The second kappa shape index (κ2) is 13.1. The molecule has 3 rings (SSSR count). The standard InChI is InChI=1S/C23H30FN5O2.HI/c1-17(31-21-11-4-3-10-20(21)24)15-26-22(25-2)27-16-18-8-7-9-19(14-18)28-23(30)29-12-5-6-13-29;/h3-4,7-11,14,17H,5-6,12-13,15-16H2,1-2H3,(H,28,30)(H2,25,26,27);1H. The molecule has 1 saturated heterocycles. The van der Waals surface area contributed by atoms with E-state index in [-0.39, 0.29) is 47.7 Å². The molecule has 32 heavy (non-hydrogen) atoms. The Morgan fingerprint density at radius 3 is 2.62 bits per heavy atom. The van der Waals surface area contributed by atoms with Crippen molar-refractivity contribution in [3.63, 3.8) is 0 Å². The van der Waals surface area contributed by atoms with Crippen LogP contribution >= 0.6 is 24.0 Å². The number of rotatable bonds is 7. The lowest BCUT2D eigenvalue weighted by atomic mass is 10.2. The van der Waals surface area contributed by atoms with Crippen molar-refractivity contribution in [3.8, 4) is 5.75 Å². The van der Waals surface area contributed by atoms with Gasteiger partial charge in [-0.05, 0) is 49.6 Å². The number of hydrogen-bond acceptors (Lipinski definition) is 3. The molecule has 0 bridgehead atoms. The molecule has 0 saturated carbocycles. The summed E-state index contributed by atoms with van der Waals surface area (Å²) in [6.07, 6.45) is 1.88. The molecule has 0 aliphatic carbocycles. The van der Waals surface area contributed by atoms with Crippen molar-refractivity contribution < 1.29 is 13.9 Å². The first-order valence-electron chi connectivity index (χ1n) is 10.6. The van der Waals surface area contributed by atoms with E-state index < -0.39 is 0 Å². The van der Waals surface area contributed by atoms with Crippen molar-refractivity contribution in [3.05, 3.63) is 59.9 Å². The first-order valence-corrected chi connectivity index (χ1v) is 10.6. The fourth-order valence-corrected chi connectivity index (χ4v) is 3.33. The lowest BCUT2D eigenvalue weighted by Gasteiger charge is -2.18. The Kier molecular flexibility index (Phi) is 10.5. The highest BCUT2D eigenvalue weighted by Crippen LogP contribution is 2.17. The van der Waals surface area contributed by atoms with E-state index >= 15 is 0 Å². The van der Waals surface area contributed by atoms with Crippen molar-refractivity contribution >= 4 is 41.7 Å². The third kappa shape index (κ3) is 7.85. The number of hydrogen-bond donors (Lipinski definition) is 3. The Labute approximate surface area is 205 Å². The molecule has 2 amide bonds. The van der Waals surface area contributed by atoms with Gasteiger partial charge in [0.25, 0.3) is 0 Å². The number of amides is 2. The van der Waals surface area contributed by atoms with Crippen LogP contribution in [0.25, 0.3) is 0 Å². The molecule has 2 aromatic rings. The van der Waals surface area contributed by atoms with Crippen LogP contribution in [0.1, 0.15) is 25.3 Å². The summed E-state index contributed by atoms with van der Waals surface area (Å²) < 4.78 is 19.3. The minimum Gasteiger partial charge on any atom is -0.486 e. The normalized spacial score (nSPS) is 14.3. The van der Waals surface area contributed by atoms with Gasteiger partial charge in [-0.1, -0.05) is 24.3 Å². The smallest absolute Gasteiger partial charge is 0.321 e. The van der Waals surface area contributed by atoms with Gasteiger partial charge in [-0.15, -0.1) is 24.0 Å². The zero-order valence-electron chi connectivity index (χ0n) is 18.4. The number of nitrogens with zero attached hydrogens (tertiary/aromatic N) is 2. The summed E-state index contributed by atoms with van der Waals surface area (Å²) in [6, 6.07) is 14.0. The van der Waals surface area contributed by atoms with E-state index in [9.17, 15) is 9.18 Å². The van der Waals surface area contributed by atoms with E-state index in [1.54, 1.807) is 25.2 Å². The molecule has 7 nitrogen and oxygen atoms in total. The molecule has 1 aliphatic rings. The number of urea groups is 1. The van der Waals surface area contributed by atoms with Crippen molar-refractivity contribution in [1.82, 2.24) is 15.5 Å². The van der Waals surface area contributed by atoms with Gasteiger partial charge in [0, 0.05) is 32.4 Å². The summed E-state index contributed by atoms with van der Waals surface area (Å²) >= 11 is 0. The van der Waals surface area contributed by atoms with Gasteiger partial charge in [-0.2, -0.15) is 0 Å². The van der Waals surface area contributed by atoms with Crippen molar-refractivity contribution in [2.45, 2.75) is 32.4 Å². The monoisotopic (exact) mass is 555 g/mol. The zero-order chi connectivity index (χ0) is 22.1. The van der Waals surface area contributed by atoms with E-state index in [0.29, 0.717) is 19.0 Å². The number of aliphatic imine (C=N–C) groups is 1. The SMILES string of the molecule is CN=C(NCc1cccc(NC(=O)N2CCCC2)c1)NCC(C)Oc1ccccc1F.I. The molecule has 2 aromatic carbocycles. The van der Waals surface area contributed by atoms with Gasteiger partial charge >= 0.3 is 6.03 Å². The number of anilines is 1. The summed E-state index contributed by atoms with van der Waals surface area (Å²) in [5.41, 5.74) is 1.78. The van der Waals surface area contributed by atoms with Crippen LogP contribution in [0.15, 0.2) is 53.5 Å². The quantitative estimate of drug-likeness (QED) is 0.272. The second-order valence-corrected chi connectivity index (χ2v) is 7.49. The van der Waals surface area contributed by atoms with Crippen LogP contribution in [0.5, 0.6) is 5.75 Å². The largest absolute Gasteiger partial charge is 0.486 e. The first-order chi connectivity index (χ1) is 15.0. The summed E-state index contributed by atoms with van der Waals surface area (Å²) in [6.45, 7) is 4.48. The lowest BCUT2D eigenvalue weighted by Crippen LogP contribution is -2.41. The predicted molar refractivity (Wildman–Crippen MR) is 136 cm³/mol. The number of carbonyl (C=O) groups excluding carboxylic acids is 1. The molecule has 3 N–H and O–H groups in total. The maximum absolute atomic E-state index is 13.7. The van der Waals surface area contributed by atoms with Gasteiger partial charge in [0.05, 0.1) is 6.54 Å². The molecule has 0 aromatic heterocycles. The molecule has 0 radical (unpaired) electrons. The molecule has 9 heteroatoms. The fourth-order valence-electron chi connectivity index (χ4n) is 3.33. The average Bonchev–Trinajstić information content (AvgIpc) is 3.31. The Morgan fingerprint density at radius 1 is 1.16 bits per heavy atom. The lowest BCUT2D eigenvalue weighted by molar-refractivity contribution is 0.214. The van der Waals surface area contributed by atoms with E-state index in [1.807, 2.05) is 36.1 Å². The molecule has 0 spiro atoms. The van der Waals surface area contributed by atoms with Gasteiger partial charge in [0.1, 0.15) is 6.10 Å². The Morgan fingerprint density at radius 2 is 1.91 bits per heavy atom. The molecule has 1 atom stereocenters. The van der Waals surface area contributed by atoms with Gasteiger partial charge in [-0.25, -0.2) is 9.18 Å². The molecule has 174 valence electrons. The van der Waals surface area contributed by atoms with Crippen molar-refractivity contribution in [1.29, 1.82) is 0 Å².